The Morgan fingerprint density at radius 2 is 1.76 bits per heavy atom. The van der Waals surface area contributed by atoms with Gasteiger partial charge in [-0.15, -0.1) is 0 Å². The Hall–Kier alpha value is -2.29. The van der Waals surface area contributed by atoms with Gasteiger partial charge in [0.25, 0.3) is 0 Å². The van der Waals surface area contributed by atoms with Crippen molar-refractivity contribution in [2.45, 2.75) is 13.8 Å². The van der Waals surface area contributed by atoms with Gasteiger partial charge in [-0.25, -0.2) is 13.2 Å². The van der Waals surface area contributed by atoms with Gasteiger partial charge in [-0.05, 0) is 49.7 Å². The van der Waals surface area contributed by atoms with E-state index in [9.17, 15) is 18.0 Å². The molecule has 0 aromatic heterocycles. The lowest BCUT2D eigenvalue weighted by Crippen LogP contribution is -2.37. The van der Waals surface area contributed by atoms with Crippen LogP contribution < -0.4 is 9.62 Å². The van der Waals surface area contributed by atoms with Crippen molar-refractivity contribution in [3.8, 4) is 0 Å². The number of sulfonamides is 1. The summed E-state index contributed by atoms with van der Waals surface area (Å²) >= 11 is 11.9. The molecule has 0 radical (unpaired) electrons. The molecule has 0 heterocycles. The number of benzene rings is 2. The van der Waals surface area contributed by atoms with E-state index in [2.05, 4.69) is 5.32 Å². The molecule has 2 aromatic rings. The van der Waals surface area contributed by atoms with Crippen LogP contribution in [-0.4, -0.2) is 39.7 Å². The Morgan fingerprint density at radius 3 is 2.31 bits per heavy atom. The number of anilines is 2. The van der Waals surface area contributed by atoms with E-state index in [0.29, 0.717) is 16.8 Å². The van der Waals surface area contributed by atoms with Gasteiger partial charge in [0.2, 0.25) is 15.9 Å². The SMILES string of the molecule is CCOC(=O)c1cccc(NC(=O)CN(c2cc(Cl)cc(Cl)c2)S(C)(=O)=O)c1C. The summed E-state index contributed by atoms with van der Waals surface area (Å²) in [6, 6.07) is 9.04. The molecule has 0 saturated carbocycles. The van der Waals surface area contributed by atoms with Gasteiger partial charge in [0, 0.05) is 15.7 Å². The molecule has 0 aliphatic carbocycles. The molecule has 0 saturated heterocycles. The van der Waals surface area contributed by atoms with Crippen LogP contribution >= 0.6 is 23.2 Å². The molecule has 1 N–H and O–H groups in total. The highest BCUT2D eigenvalue weighted by molar-refractivity contribution is 7.92. The highest BCUT2D eigenvalue weighted by Crippen LogP contribution is 2.27. The van der Waals surface area contributed by atoms with E-state index >= 15 is 0 Å². The second-order valence-corrected chi connectivity index (χ2v) is 8.92. The van der Waals surface area contributed by atoms with Crippen LogP contribution in [0, 0.1) is 6.92 Å². The van der Waals surface area contributed by atoms with Crippen molar-refractivity contribution in [2.24, 2.45) is 0 Å². The van der Waals surface area contributed by atoms with Gasteiger partial charge in [-0.3, -0.25) is 9.10 Å². The predicted molar refractivity (Wildman–Crippen MR) is 114 cm³/mol. The molecule has 0 bridgehead atoms. The topological polar surface area (TPSA) is 92.8 Å². The van der Waals surface area contributed by atoms with Gasteiger partial charge in [-0.1, -0.05) is 29.3 Å². The van der Waals surface area contributed by atoms with E-state index in [1.807, 2.05) is 0 Å². The number of hydrogen-bond acceptors (Lipinski definition) is 5. The second-order valence-electron chi connectivity index (χ2n) is 6.14. The quantitative estimate of drug-likeness (QED) is 0.635. The third kappa shape index (κ3) is 6.09. The van der Waals surface area contributed by atoms with Crippen LogP contribution in [0.15, 0.2) is 36.4 Å². The van der Waals surface area contributed by atoms with Crippen LogP contribution in [0.25, 0.3) is 0 Å². The molecule has 10 heteroatoms. The summed E-state index contributed by atoms with van der Waals surface area (Å²) in [7, 11) is -3.80. The molecule has 0 aliphatic rings. The van der Waals surface area contributed by atoms with E-state index in [1.54, 1.807) is 32.0 Å². The summed E-state index contributed by atoms with van der Waals surface area (Å²) in [5.41, 5.74) is 1.36. The first kappa shape index (κ1) is 23.0. The fourth-order valence-corrected chi connectivity index (χ4v) is 3.96. The minimum Gasteiger partial charge on any atom is -0.462 e. The molecular formula is C19H20Cl2N2O5S. The molecule has 2 rings (SSSR count). The minimum atomic E-state index is -3.80. The number of hydrogen-bond donors (Lipinski definition) is 1. The summed E-state index contributed by atoms with van der Waals surface area (Å²) in [4.78, 5) is 24.6. The molecule has 1 amide bonds. The molecular weight excluding hydrogens is 439 g/mol. The lowest BCUT2D eigenvalue weighted by atomic mass is 10.1. The Kier molecular flexibility index (Phi) is 7.51. The minimum absolute atomic E-state index is 0.164. The lowest BCUT2D eigenvalue weighted by molar-refractivity contribution is -0.114. The van der Waals surface area contributed by atoms with E-state index in [4.69, 9.17) is 27.9 Å². The molecule has 0 atom stereocenters. The van der Waals surface area contributed by atoms with Crippen LogP contribution in [0.1, 0.15) is 22.8 Å². The first-order valence-corrected chi connectivity index (χ1v) is 11.1. The van der Waals surface area contributed by atoms with E-state index < -0.39 is 28.4 Å². The van der Waals surface area contributed by atoms with E-state index in [1.165, 1.54) is 18.2 Å². The summed E-state index contributed by atoms with van der Waals surface area (Å²) < 4.78 is 30.3. The Labute approximate surface area is 179 Å². The van der Waals surface area contributed by atoms with Gasteiger partial charge in [0.1, 0.15) is 6.54 Å². The number of nitrogens with zero attached hydrogens (tertiary/aromatic N) is 1. The second kappa shape index (κ2) is 9.47. The van der Waals surface area contributed by atoms with Crippen LogP contribution in [0.3, 0.4) is 0 Å². The maximum Gasteiger partial charge on any atom is 0.338 e. The largest absolute Gasteiger partial charge is 0.462 e. The van der Waals surface area contributed by atoms with Crippen molar-refractivity contribution in [1.29, 1.82) is 0 Å². The number of ether oxygens (including phenoxy) is 1. The summed E-state index contributed by atoms with van der Waals surface area (Å²) in [6.45, 7) is 3.08. The fourth-order valence-electron chi connectivity index (χ4n) is 2.60. The van der Waals surface area contributed by atoms with Gasteiger partial charge in [0.05, 0.1) is 24.1 Å². The zero-order valence-electron chi connectivity index (χ0n) is 16.0. The van der Waals surface area contributed by atoms with Crippen molar-refractivity contribution < 1.29 is 22.7 Å². The number of esters is 1. The highest BCUT2D eigenvalue weighted by Gasteiger charge is 2.22. The van der Waals surface area contributed by atoms with Gasteiger partial charge < -0.3 is 10.1 Å². The molecule has 2 aromatic carbocycles. The number of halogens is 2. The van der Waals surface area contributed by atoms with Crippen LogP contribution in [-0.2, 0) is 19.6 Å². The summed E-state index contributed by atoms with van der Waals surface area (Å²) in [5.74, 6) is -1.11. The Morgan fingerprint density at radius 1 is 1.14 bits per heavy atom. The smallest absolute Gasteiger partial charge is 0.338 e. The maximum atomic E-state index is 12.6. The molecule has 0 fully saturated rings. The van der Waals surface area contributed by atoms with Crippen LogP contribution in [0.2, 0.25) is 10.0 Å². The number of carbonyl (C=O) groups excluding carboxylic acids is 2. The third-order valence-corrected chi connectivity index (χ3v) is 5.50. The van der Waals surface area contributed by atoms with Gasteiger partial charge >= 0.3 is 5.97 Å². The molecule has 156 valence electrons. The highest BCUT2D eigenvalue weighted by atomic mass is 35.5. The van der Waals surface area contributed by atoms with Gasteiger partial charge in [0.15, 0.2) is 0 Å². The summed E-state index contributed by atoms with van der Waals surface area (Å²) in [5, 5.41) is 3.10. The van der Waals surface area contributed by atoms with Crippen molar-refractivity contribution in [1.82, 2.24) is 0 Å². The maximum absolute atomic E-state index is 12.6. The first-order valence-electron chi connectivity index (χ1n) is 8.53. The zero-order valence-corrected chi connectivity index (χ0v) is 18.4. The van der Waals surface area contributed by atoms with Crippen molar-refractivity contribution in [2.75, 3.05) is 29.0 Å². The molecule has 29 heavy (non-hydrogen) atoms. The monoisotopic (exact) mass is 458 g/mol. The summed E-state index contributed by atoms with van der Waals surface area (Å²) in [6.07, 6.45) is 0.974. The number of carbonyl (C=O) groups is 2. The zero-order chi connectivity index (χ0) is 21.8. The van der Waals surface area contributed by atoms with Crippen molar-refractivity contribution in [3.63, 3.8) is 0 Å². The van der Waals surface area contributed by atoms with E-state index in [-0.39, 0.29) is 22.3 Å². The normalized spacial score (nSPS) is 11.1. The van der Waals surface area contributed by atoms with Gasteiger partial charge in [-0.2, -0.15) is 0 Å². The number of nitrogens with one attached hydrogen (secondary N) is 1. The predicted octanol–water partition coefficient (Wildman–Crippen LogP) is 3.88. The Balaban J connectivity index is 2.28. The molecule has 0 unspecified atom stereocenters. The average molecular weight is 459 g/mol. The standard InChI is InChI=1S/C19H20Cl2N2O5S/c1-4-28-19(25)16-6-5-7-17(12(16)2)22-18(24)11-23(29(3,26)27)15-9-13(20)8-14(21)10-15/h5-10H,4,11H2,1-3H3,(H,22,24). The fraction of sp³-hybridized carbons (Fsp3) is 0.263. The van der Waals surface area contributed by atoms with Crippen LogP contribution in [0.5, 0.6) is 0 Å². The Bertz CT molecular complexity index is 1020. The number of rotatable bonds is 7. The number of amides is 1. The molecule has 0 spiro atoms. The first-order chi connectivity index (χ1) is 13.5. The van der Waals surface area contributed by atoms with E-state index in [0.717, 1.165) is 10.6 Å². The molecule has 0 aliphatic heterocycles. The lowest BCUT2D eigenvalue weighted by Gasteiger charge is -2.22. The van der Waals surface area contributed by atoms with Crippen molar-refractivity contribution >= 4 is 56.5 Å². The van der Waals surface area contributed by atoms with Crippen molar-refractivity contribution in [3.05, 3.63) is 57.6 Å². The average Bonchev–Trinajstić information content (AvgIpc) is 2.59. The molecule has 7 nitrogen and oxygen atoms in total. The van der Waals surface area contributed by atoms with Crippen LogP contribution in [0.4, 0.5) is 11.4 Å². The third-order valence-electron chi connectivity index (χ3n) is 3.93.